The van der Waals surface area contributed by atoms with Crippen LogP contribution in [0.1, 0.15) is 23.3 Å². The van der Waals surface area contributed by atoms with Gasteiger partial charge in [-0.3, -0.25) is 4.79 Å². The fraction of sp³-hybridized carbons (Fsp3) is 0.444. The topological polar surface area (TPSA) is 51.7 Å². The zero-order chi connectivity index (χ0) is 15.8. The number of fused-ring (bicyclic) bond motifs is 3. The van der Waals surface area contributed by atoms with Crippen LogP contribution in [-0.4, -0.2) is 54.3 Å². The molecule has 2 bridgehead atoms. The average molecular weight is 312 g/mol. The van der Waals surface area contributed by atoms with Crippen molar-refractivity contribution in [1.82, 2.24) is 9.88 Å². The second kappa shape index (κ2) is 5.91. The lowest BCUT2D eigenvalue weighted by Crippen LogP contribution is -2.46. The second-order valence-electron chi connectivity index (χ2n) is 6.14. The maximum atomic E-state index is 13.0. The van der Waals surface area contributed by atoms with E-state index >= 15 is 0 Å². The Balaban J connectivity index is 1.66. The Bertz CT molecular complexity index is 733. The molecular weight excluding hydrogens is 292 g/mol. The van der Waals surface area contributed by atoms with Gasteiger partial charge in [-0.2, -0.15) is 0 Å². The summed E-state index contributed by atoms with van der Waals surface area (Å²) in [6.45, 7) is 1.15. The van der Waals surface area contributed by atoms with Crippen molar-refractivity contribution in [2.24, 2.45) is 0 Å². The van der Waals surface area contributed by atoms with Crippen LogP contribution in [0.25, 0.3) is 10.9 Å². The number of hydrogen-bond acceptors (Lipinski definition) is 4. The van der Waals surface area contributed by atoms with Crippen LogP contribution in [0.5, 0.6) is 0 Å². The van der Waals surface area contributed by atoms with Crippen LogP contribution in [-0.2, 0) is 9.47 Å². The number of para-hydroxylation sites is 1. The fourth-order valence-corrected chi connectivity index (χ4v) is 3.78. The van der Waals surface area contributed by atoms with Gasteiger partial charge in [0.2, 0.25) is 0 Å². The molecule has 2 heterocycles. The van der Waals surface area contributed by atoms with Crippen molar-refractivity contribution in [2.45, 2.75) is 31.1 Å². The van der Waals surface area contributed by atoms with Gasteiger partial charge in [0.15, 0.2) is 0 Å². The van der Waals surface area contributed by atoms with Crippen LogP contribution in [0, 0.1) is 0 Å². The van der Waals surface area contributed by atoms with Gasteiger partial charge < -0.3 is 14.4 Å². The number of carbonyl (C=O) groups excluding carboxylic acids is 1. The summed E-state index contributed by atoms with van der Waals surface area (Å²) in [5.41, 5.74) is 1.33. The van der Waals surface area contributed by atoms with E-state index in [2.05, 4.69) is 4.98 Å². The number of ether oxygens (including phenoxy) is 2. The summed E-state index contributed by atoms with van der Waals surface area (Å²) in [6, 6.07) is 11.7. The molecule has 3 atom stereocenters. The van der Waals surface area contributed by atoms with Crippen LogP contribution in [0.3, 0.4) is 0 Å². The number of carbonyl (C=O) groups is 1. The van der Waals surface area contributed by atoms with Crippen molar-refractivity contribution in [1.29, 1.82) is 0 Å². The first-order valence-corrected chi connectivity index (χ1v) is 8.09. The molecule has 2 aliphatic rings. The van der Waals surface area contributed by atoms with Crippen molar-refractivity contribution >= 4 is 16.8 Å². The number of methoxy groups -OCH3 is 1. The van der Waals surface area contributed by atoms with Crippen molar-refractivity contribution in [2.75, 3.05) is 20.3 Å². The van der Waals surface area contributed by atoms with E-state index in [0.717, 1.165) is 23.7 Å². The van der Waals surface area contributed by atoms with Crippen LogP contribution >= 0.6 is 0 Å². The molecule has 120 valence electrons. The lowest BCUT2D eigenvalue weighted by Gasteiger charge is -2.30. The first-order valence-electron chi connectivity index (χ1n) is 8.09. The van der Waals surface area contributed by atoms with Crippen molar-refractivity contribution in [3.8, 4) is 0 Å². The van der Waals surface area contributed by atoms with E-state index in [0.29, 0.717) is 18.8 Å². The van der Waals surface area contributed by atoms with Crippen molar-refractivity contribution in [3.63, 3.8) is 0 Å². The molecule has 5 heteroatoms. The molecule has 0 radical (unpaired) electrons. The summed E-state index contributed by atoms with van der Waals surface area (Å²) < 4.78 is 11.4. The predicted octanol–water partition coefficient (Wildman–Crippen LogP) is 2.25. The molecule has 0 unspecified atom stereocenters. The third kappa shape index (κ3) is 2.50. The molecule has 1 saturated heterocycles. The smallest absolute Gasteiger partial charge is 0.272 e. The van der Waals surface area contributed by atoms with Gasteiger partial charge in [-0.15, -0.1) is 0 Å². The predicted molar refractivity (Wildman–Crippen MR) is 86.3 cm³/mol. The quantitative estimate of drug-likeness (QED) is 0.853. The Morgan fingerprint density at radius 3 is 3.00 bits per heavy atom. The normalized spacial score (nSPS) is 27.2. The van der Waals surface area contributed by atoms with Crippen LogP contribution in [0.2, 0.25) is 0 Å². The van der Waals surface area contributed by atoms with Gasteiger partial charge in [-0.05, 0) is 25.0 Å². The molecule has 2 aromatic rings. The molecule has 0 spiro atoms. The van der Waals surface area contributed by atoms with Crippen LogP contribution in [0.4, 0.5) is 0 Å². The van der Waals surface area contributed by atoms with E-state index in [1.165, 1.54) is 0 Å². The molecule has 1 aromatic heterocycles. The number of pyridine rings is 1. The van der Waals surface area contributed by atoms with Gasteiger partial charge in [0.05, 0.1) is 24.3 Å². The number of aromatic nitrogens is 1. The molecule has 1 aliphatic heterocycles. The minimum Gasteiger partial charge on any atom is -0.377 e. The number of amides is 1. The molecule has 1 amide bonds. The molecule has 1 saturated carbocycles. The van der Waals surface area contributed by atoms with Crippen molar-refractivity contribution in [3.05, 3.63) is 42.1 Å². The zero-order valence-electron chi connectivity index (χ0n) is 13.1. The van der Waals surface area contributed by atoms with Gasteiger partial charge in [0.25, 0.3) is 5.91 Å². The SMILES string of the molecule is CO[C@H]1[C@H]2CC[C@H]1OCCN2C(=O)c1ccc2ccccc2n1. The highest BCUT2D eigenvalue weighted by atomic mass is 16.5. The third-order valence-corrected chi connectivity index (χ3v) is 4.91. The van der Waals surface area contributed by atoms with E-state index in [1.54, 1.807) is 7.11 Å². The Hall–Kier alpha value is -1.98. The van der Waals surface area contributed by atoms with E-state index in [9.17, 15) is 4.79 Å². The first kappa shape index (κ1) is 14.6. The molecule has 23 heavy (non-hydrogen) atoms. The summed E-state index contributed by atoms with van der Waals surface area (Å²) in [6.07, 6.45) is 1.93. The number of nitrogens with zero attached hydrogens (tertiary/aromatic N) is 2. The fourth-order valence-electron chi connectivity index (χ4n) is 3.78. The van der Waals surface area contributed by atoms with E-state index in [4.69, 9.17) is 9.47 Å². The molecule has 5 nitrogen and oxygen atoms in total. The molecule has 1 aromatic carbocycles. The summed E-state index contributed by atoms with van der Waals surface area (Å²) in [5, 5.41) is 1.04. The minimum absolute atomic E-state index is 0.0334. The lowest BCUT2D eigenvalue weighted by atomic mass is 10.1. The van der Waals surface area contributed by atoms with Crippen LogP contribution in [0.15, 0.2) is 36.4 Å². The molecule has 1 aliphatic carbocycles. The second-order valence-corrected chi connectivity index (χ2v) is 6.14. The summed E-state index contributed by atoms with van der Waals surface area (Å²) in [7, 11) is 1.70. The lowest BCUT2D eigenvalue weighted by molar-refractivity contribution is -0.0316. The number of hydrogen-bond donors (Lipinski definition) is 0. The summed E-state index contributed by atoms with van der Waals surface area (Å²) >= 11 is 0. The maximum Gasteiger partial charge on any atom is 0.272 e. The monoisotopic (exact) mass is 312 g/mol. The van der Waals surface area contributed by atoms with E-state index < -0.39 is 0 Å². The third-order valence-electron chi connectivity index (χ3n) is 4.91. The Kier molecular flexibility index (Phi) is 3.75. The summed E-state index contributed by atoms with van der Waals surface area (Å²) in [5.74, 6) is -0.0334. The maximum absolute atomic E-state index is 13.0. The Labute approximate surface area is 135 Å². The molecular formula is C18H20N2O3. The van der Waals surface area contributed by atoms with Crippen molar-refractivity contribution < 1.29 is 14.3 Å². The molecule has 2 fully saturated rings. The Morgan fingerprint density at radius 2 is 2.13 bits per heavy atom. The van der Waals surface area contributed by atoms with E-state index in [-0.39, 0.29) is 24.2 Å². The standard InChI is InChI=1S/C18H20N2O3/c1-22-17-15-8-9-16(17)23-11-10-20(15)18(21)14-7-6-12-4-2-3-5-13(12)19-14/h2-7,15-17H,8-11H2,1H3/t15-,16-,17+/m1/s1. The van der Waals surface area contributed by atoms with Gasteiger partial charge in [-0.25, -0.2) is 4.98 Å². The molecule has 4 rings (SSSR count). The minimum atomic E-state index is -0.0399. The van der Waals surface area contributed by atoms with Gasteiger partial charge in [-0.1, -0.05) is 24.3 Å². The first-order chi connectivity index (χ1) is 11.3. The highest BCUT2D eigenvalue weighted by Gasteiger charge is 2.44. The largest absolute Gasteiger partial charge is 0.377 e. The average Bonchev–Trinajstić information content (AvgIpc) is 2.89. The molecule has 0 N–H and O–H groups in total. The Morgan fingerprint density at radius 1 is 1.26 bits per heavy atom. The summed E-state index contributed by atoms with van der Waals surface area (Å²) in [4.78, 5) is 19.4. The van der Waals surface area contributed by atoms with Gasteiger partial charge in [0.1, 0.15) is 11.8 Å². The van der Waals surface area contributed by atoms with Gasteiger partial charge in [0, 0.05) is 19.0 Å². The number of benzene rings is 1. The number of rotatable bonds is 2. The van der Waals surface area contributed by atoms with E-state index in [1.807, 2.05) is 41.3 Å². The van der Waals surface area contributed by atoms with Crippen LogP contribution < -0.4 is 0 Å². The highest BCUT2D eigenvalue weighted by Crippen LogP contribution is 2.32. The van der Waals surface area contributed by atoms with Gasteiger partial charge >= 0.3 is 0 Å². The zero-order valence-corrected chi connectivity index (χ0v) is 13.1. The highest BCUT2D eigenvalue weighted by molar-refractivity contribution is 5.95.